The first-order chi connectivity index (χ1) is 13.1. The van der Waals surface area contributed by atoms with Crippen molar-refractivity contribution in [3.63, 3.8) is 0 Å². The van der Waals surface area contributed by atoms with Crippen LogP contribution in [0.5, 0.6) is 5.75 Å². The van der Waals surface area contributed by atoms with Gasteiger partial charge in [0.05, 0.1) is 12.8 Å². The Hall–Kier alpha value is -3.14. The molecule has 134 valence electrons. The van der Waals surface area contributed by atoms with E-state index in [-0.39, 0.29) is 5.57 Å². The van der Waals surface area contributed by atoms with Gasteiger partial charge in [0.1, 0.15) is 17.4 Å². The van der Waals surface area contributed by atoms with Gasteiger partial charge in [-0.05, 0) is 35.9 Å². The number of amides is 1. The molecule has 5 nitrogen and oxygen atoms in total. The molecular formula is C20H14ClN3O2S. The van der Waals surface area contributed by atoms with Gasteiger partial charge in [-0.1, -0.05) is 35.9 Å². The number of hydrogen-bond acceptors (Lipinski definition) is 5. The van der Waals surface area contributed by atoms with Crippen molar-refractivity contribution in [1.82, 2.24) is 4.98 Å². The second kappa shape index (κ2) is 8.49. The Morgan fingerprint density at radius 3 is 2.70 bits per heavy atom. The largest absolute Gasteiger partial charge is 0.496 e. The van der Waals surface area contributed by atoms with Crippen LogP contribution in [0.25, 0.3) is 17.3 Å². The van der Waals surface area contributed by atoms with Crippen LogP contribution in [0, 0.1) is 11.3 Å². The van der Waals surface area contributed by atoms with Gasteiger partial charge in [0.25, 0.3) is 5.91 Å². The number of methoxy groups -OCH3 is 1. The molecule has 1 aromatic heterocycles. The van der Waals surface area contributed by atoms with Crippen molar-refractivity contribution in [3.8, 4) is 23.1 Å². The minimum atomic E-state index is -0.520. The molecule has 1 heterocycles. The maximum absolute atomic E-state index is 12.4. The zero-order valence-electron chi connectivity index (χ0n) is 14.3. The molecule has 0 aliphatic heterocycles. The quantitative estimate of drug-likeness (QED) is 0.486. The van der Waals surface area contributed by atoms with Gasteiger partial charge in [0.15, 0.2) is 5.13 Å². The predicted molar refractivity (Wildman–Crippen MR) is 108 cm³/mol. The zero-order chi connectivity index (χ0) is 19.2. The Morgan fingerprint density at radius 2 is 2.00 bits per heavy atom. The maximum Gasteiger partial charge on any atom is 0.268 e. The Bertz CT molecular complexity index is 1040. The standard InChI is InChI=1S/C20H14ClN3O2S/c1-26-18-5-3-2-4-16(18)17-12-27-20(23-17)24-19(25)14(11-22)10-13-6-8-15(21)9-7-13/h2-10,12H,1H3,(H,23,24,25)/b14-10+. The van der Waals surface area contributed by atoms with Crippen molar-refractivity contribution >= 4 is 40.1 Å². The molecule has 3 rings (SSSR count). The summed E-state index contributed by atoms with van der Waals surface area (Å²) in [6, 6.07) is 16.3. The number of aromatic nitrogens is 1. The van der Waals surface area contributed by atoms with Gasteiger partial charge in [-0.2, -0.15) is 5.26 Å². The molecule has 0 saturated heterocycles. The van der Waals surface area contributed by atoms with Gasteiger partial charge < -0.3 is 4.74 Å². The van der Waals surface area contributed by atoms with Gasteiger partial charge in [-0.15, -0.1) is 11.3 Å². The number of rotatable bonds is 5. The average Bonchev–Trinajstić information content (AvgIpc) is 3.15. The number of nitriles is 1. The molecule has 3 aromatic rings. The van der Waals surface area contributed by atoms with E-state index in [0.29, 0.717) is 27.2 Å². The van der Waals surface area contributed by atoms with Crippen molar-refractivity contribution in [2.24, 2.45) is 0 Å². The van der Waals surface area contributed by atoms with Gasteiger partial charge in [-0.3, -0.25) is 10.1 Å². The minimum Gasteiger partial charge on any atom is -0.496 e. The van der Waals surface area contributed by atoms with E-state index in [1.54, 1.807) is 31.4 Å². The number of ether oxygens (including phenoxy) is 1. The topological polar surface area (TPSA) is 75.0 Å². The number of para-hydroxylation sites is 1. The summed E-state index contributed by atoms with van der Waals surface area (Å²) < 4.78 is 5.34. The van der Waals surface area contributed by atoms with E-state index in [4.69, 9.17) is 16.3 Å². The Morgan fingerprint density at radius 1 is 1.26 bits per heavy atom. The lowest BCUT2D eigenvalue weighted by Gasteiger charge is -2.05. The fourth-order valence-electron chi connectivity index (χ4n) is 2.35. The summed E-state index contributed by atoms with van der Waals surface area (Å²) in [7, 11) is 1.59. The minimum absolute atomic E-state index is 0.0219. The summed E-state index contributed by atoms with van der Waals surface area (Å²) in [4.78, 5) is 16.8. The summed E-state index contributed by atoms with van der Waals surface area (Å²) in [6.07, 6.45) is 1.50. The van der Waals surface area contributed by atoms with E-state index in [2.05, 4.69) is 10.3 Å². The highest BCUT2D eigenvalue weighted by molar-refractivity contribution is 7.14. The first-order valence-corrected chi connectivity index (χ1v) is 9.14. The van der Waals surface area contributed by atoms with Crippen LogP contribution in [0.4, 0.5) is 5.13 Å². The number of carbonyl (C=O) groups excluding carboxylic acids is 1. The van der Waals surface area contributed by atoms with Gasteiger partial charge >= 0.3 is 0 Å². The number of hydrogen-bond donors (Lipinski definition) is 1. The predicted octanol–water partition coefficient (Wildman–Crippen LogP) is 5.02. The zero-order valence-corrected chi connectivity index (χ0v) is 15.8. The van der Waals surface area contributed by atoms with E-state index >= 15 is 0 Å². The second-order valence-electron chi connectivity index (χ2n) is 5.41. The summed E-state index contributed by atoms with van der Waals surface area (Å²) in [5, 5.41) is 14.8. The van der Waals surface area contributed by atoms with Crippen LogP contribution in [0.15, 0.2) is 59.5 Å². The van der Waals surface area contributed by atoms with E-state index in [1.807, 2.05) is 35.7 Å². The lowest BCUT2D eigenvalue weighted by molar-refractivity contribution is -0.112. The summed E-state index contributed by atoms with van der Waals surface area (Å²) in [5.41, 5.74) is 2.20. The van der Waals surface area contributed by atoms with E-state index < -0.39 is 5.91 Å². The number of nitrogens with one attached hydrogen (secondary N) is 1. The van der Waals surface area contributed by atoms with Crippen molar-refractivity contribution in [2.75, 3.05) is 12.4 Å². The lowest BCUT2D eigenvalue weighted by atomic mass is 10.1. The first kappa shape index (κ1) is 18.6. The first-order valence-electron chi connectivity index (χ1n) is 7.88. The van der Waals surface area contributed by atoms with E-state index in [0.717, 1.165) is 5.56 Å². The molecule has 0 spiro atoms. The molecule has 0 aliphatic carbocycles. The monoisotopic (exact) mass is 395 g/mol. The maximum atomic E-state index is 12.4. The highest BCUT2D eigenvalue weighted by atomic mass is 35.5. The van der Waals surface area contributed by atoms with Crippen molar-refractivity contribution in [1.29, 1.82) is 5.26 Å². The highest BCUT2D eigenvalue weighted by Gasteiger charge is 2.14. The molecule has 1 N–H and O–H groups in total. The lowest BCUT2D eigenvalue weighted by Crippen LogP contribution is -2.13. The molecule has 0 radical (unpaired) electrons. The highest BCUT2D eigenvalue weighted by Crippen LogP contribution is 2.32. The number of thiazole rings is 1. The molecule has 1 amide bonds. The van der Waals surface area contributed by atoms with Crippen LogP contribution in [-0.2, 0) is 4.79 Å². The summed E-state index contributed by atoms with van der Waals surface area (Å²) in [6.45, 7) is 0. The number of carbonyl (C=O) groups is 1. The Balaban J connectivity index is 1.79. The molecule has 0 unspecified atom stereocenters. The third-order valence-corrected chi connectivity index (χ3v) is 4.66. The molecule has 7 heteroatoms. The number of benzene rings is 2. The third-order valence-electron chi connectivity index (χ3n) is 3.65. The number of halogens is 1. The Kier molecular flexibility index (Phi) is 5.87. The summed E-state index contributed by atoms with van der Waals surface area (Å²) >= 11 is 7.12. The molecule has 2 aromatic carbocycles. The molecule has 0 aliphatic rings. The molecular weight excluding hydrogens is 382 g/mol. The fraction of sp³-hybridized carbons (Fsp3) is 0.0500. The smallest absolute Gasteiger partial charge is 0.268 e. The van der Waals surface area contributed by atoms with Gasteiger partial charge in [0, 0.05) is 16.0 Å². The van der Waals surface area contributed by atoms with Crippen LogP contribution in [-0.4, -0.2) is 18.0 Å². The van der Waals surface area contributed by atoms with Crippen LogP contribution in [0.2, 0.25) is 5.02 Å². The summed E-state index contributed by atoms with van der Waals surface area (Å²) in [5.74, 6) is 0.175. The van der Waals surface area contributed by atoms with Gasteiger partial charge in [0.2, 0.25) is 0 Å². The second-order valence-corrected chi connectivity index (χ2v) is 6.71. The molecule has 0 fully saturated rings. The number of nitrogens with zero attached hydrogens (tertiary/aromatic N) is 2. The van der Waals surface area contributed by atoms with Crippen LogP contribution in [0.1, 0.15) is 5.56 Å². The van der Waals surface area contributed by atoms with Crippen LogP contribution in [0.3, 0.4) is 0 Å². The van der Waals surface area contributed by atoms with Crippen molar-refractivity contribution < 1.29 is 9.53 Å². The number of anilines is 1. The normalized spacial score (nSPS) is 10.9. The third kappa shape index (κ3) is 4.53. The molecule has 0 bridgehead atoms. The average molecular weight is 396 g/mol. The van der Waals surface area contributed by atoms with Crippen molar-refractivity contribution in [3.05, 3.63) is 70.1 Å². The van der Waals surface area contributed by atoms with Crippen LogP contribution < -0.4 is 10.1 Å². The molecule has 27 heavy (non-hydrogen) atoms. The van der Waals surface area contributed by atoms with Gasteiger partial charge in [-0.25, -0.2) is 4.98 Å². The van der Waals surface area contributed by atoms with E-state index in [1.165, 1.54) is 17.4 Å². The molecule has 0 saturated carbocycles. The Labute approximate surface area is 165 Å². The van der Waals surface area contributed by atoms with E-state index in [9.17, 15) is 10.1 Å². The van der Waals surface area contributed by atoms with Crippen molar-refractivity contribution in [2.45, 2.75) is 0 Å². The SMILES string of the molecule is COc1ccccc1-c1csc(NC(=O)/C(C#N)=C/c2ccc(Cl)cc2)n1. The fourth-order valence-corrected chi connectivity index (χ4v) is 3.18. The molecule has 0 atom stereocenters. The van der Waals surface area contributed by atoms with Crippen LogP contribution >= 0.6 is 22.9 Å².